The van der Waals surface area contributed by atoms with Crippen LogP contribution in [-0.2, 0) is 4.79 Å². The molecule has 0 bridgehead atoms. The second-order valence-corrected chi connectivity index (χ2v) is 7.73. The molecule has 0 aromatic heterocycles. The van der Waals surface area contributed by atoms with E-state index in [4.69, 9.17) is 4.74 Å². The number of nitrogens with zero attached hydrogens (tertiary/aromatic N) is 3. The number of benzene rings is 2. The molecule has 1 heterocycles. The SMILES string of the molecule is CN(C)c1ccc(C(=O)N2CCCN(C(=O)CCCOc3ccccc3)CC2)cc1. The Hall–Kier alpha value is -3.02. The molecule has 3 rings (SSSR count). The van der Waals surface area contributed by atoms with Gasteiger partial charge in [-0.15, -0.1) is 0 Å². The molecule has 160 valence electrons. The number of anilines is 1. The number of para-hydroxylation sites is 1. The molecule has 0 N–H and O–H groups in total. The summed E-state index contributed by atoms with van der Waals surface area (Å²) in [6, 6.07) is 17.3. The number of ether oxygens (including phenoxy) is 1. The average Bonchev–Trinajstić information content (AvgIpc) is 3.03. The van der Waals surface area contributed by atoms with Crippen molar-refractivity contribution in [3.05, 3.63) is 60.2 Å². The van der Waals surface area contributed by atoms with E-state index in [-0.39, 0.29) is 11.8 Å². The van der Waals surface area contributed by atoms with Gasteiger partial charge in [0.25, 0.3) is 5.91 Å². The zero-order chi connectivity index (χ0) is 21.3. The first kappa shape index (κ1) is 21.7. The molecule has 2 aromatic carbocycles. The van der Waals surface area contributed by atoms with Crippen LogP contribution in [0.1, 0.15) is 29.6 Å². The Labute approximate surface area is 179 Å². The summed E-state index contributed by atoms with van der Waals surface area (Å²) >= 11 is 0. The van der Waals surface area contributed by atoms with Gasteiger partial charge in [-0.1, -0.05) is 18.2 Å². The zero-order valence-corrected chi connectivity index (χ0v) is 17.9. The first-order valence-electron chi connectivity index (χ1n) is 10.6. The predicted octanol–water partition coefficient (Wildman–Crippen LogP) is 3.29. The van der Waals surface area contributed by atoms with E-state index in [0.717, 1.165) is 17.9 Å². The second kappa shape index (κ2) is 10.7. The molecular weight excluding hydrogens is 378 g/mol. The van der Waals surface area contributed by atoms with Crippen molar-refractivity contribution in [3.63, 3.8) is 0 Å². The number of amides is 2. The standard InChI is InChI=1S/C24H31N3O3/c1-25(2)21-13-11-20(12-14-21)24(29)27-16-7-15-26(17-18-27)23(28)10-6-19-30-22-8-4-3-5-9-22/h3-5,8-9,11-14H,6-7,10,15-19H2,1-2H3. The fourth-order valence-electron chi connectivity index (χ4n) is 3.54. The smallest absolute Gasteiger partial charge is 0.253 e. The fourth-order valence-corrected chi connectivity index (χ4v) is 3.54. The minimum Gasteiger partial charge on any atom is -0.494 e. The van der Waals surface area contributed by atoms with Crippen LogP contribution in [-0.4, -0.2) is 68.5 Å². The highest BCUT2D eigenvalue weighted by Crippen LogP contribution is 2.16. The van der Waals surface area contributed by atoms with Crippen LogP contribution in [0.4, 0.5) is 5.69 Å². The Morgan fingerprint density at radius 3 is 2.27 bits per heavy atom. The van der Waals surface area contributed by atoms with Gasteiger partial charge in [0.2, 0.25) is 5.91 Å². The summed E-state index contributed by atoms with van der Waals surface area (Å²) in [4.78, 5) is 31.2. The molecule has 1 aliphatic rings. The van der Waals surface area contributed by atoms with Gasteiger partial charge >= 0.3 is 0 Å². The summed E-state index contributed by atoms with van der Waals surface area (Å²) in [7, 11) is 3.95. The van der Waals surface area contributed by atoms with Crippen LogP contribution in [0, 0.1) is 0 Å². The molecule has 0 spiro atoms. The van der Waals surface area contributed by atoms with Crippen LogP contribution >= 0.6 is 0 Å². The quantitative estimate of drug-likeness (QED) is 0.659. The van der Waals surface area contributed by atoms with Crippen molar-refractivity contribution in [3.8, 4) is 5.75 Å². The lowest BCUT2D eigenvalue weighted by atomic mass is 10.1. The molecule has 1 fully saturated rings. The third kappa shape index (κ3) is 5.99. The van der Waals surface area contributed by atoms with Gasteiger partial charge in [0.05, 0.1) is 6.61 Å². The molecule has 0 radical (unpaired) electrons. The van der Waals surface area contributed by atoms with Crippen LogP contribution < -0.4 is 9.64 Å². The Kier molecular flexibility index (Phi) is 7.71. The largest absolute Gasteiger partial charge is 0.494 e. The van der Waals surface area contributed by atoms with Gasteiger partial charge in [-0.05, 0) is 49.2 Å². The summed E-state index contributed by atoms with van der Waals surface area (Å²) in [5.41, 5.74) is 1.76. The van der Waals surface area contributed by atoms with Gasteiger partial charge in [0.15, 0.2) is 0 Å². The van der Waals surface area contributed by atoms with E-state index >= 15 is 0 Å². The highest BCUT2D eigenvalue weighted by Gasteiger charge is 2.22. The van der Waals surface area contributed by atoms with E-state index in [1.165, 1.54) is 0 Å². The summed E-state index contributed by atoms with van der Waals surface area (Å²) in [6.07, 6.45) is 1.95. The van der Waals surface area contributed by atoms with E-state index < -0.39 is 0 Å². The first-order chi connectivity index (χ1) is 14.5. The maximum atomic E-state index is 12.8. The number of hydrogen-bond acceptors (Lipinski definition) is 4. The predicted molar refractivity (Wildman–Crippen MR) is 119 cm³/mol. The average molecular weight is 410 g/mol. The highest BCUT2D eigenvalue weighted by molar-refractivity contribution is 5.94. The van der Waals surface area contributed by atoms with Crippen molar-refractivity contribution >= 4 is 17.5 Å². The number of carbonyl (C=O) groups is 2. The van der Waals surface area contributed by atoms with Crippen molar-refractivity contribution < 1.29 is 14.3 Å². The summed E-state index contributed by atoms with van der Waals surface area (Å²) in [5.74, 6) is 0.995. The lowest BCUT2D eigenvalue weighted by Crippen LogP contribution is -2.37. The number of hydrogen-bond donors (Lipinski definition) is 0. The van der Waals surface area contributed by atoms with Crippen molar-refractivity contribution in [2.75, 3.05) is 51.8 Å². The molecule has 2 amide bonds. The van der Waals surface area contributed by atoms with Crippen molar-refractivity contribution in [2.45, 2.75) is 19.3 Å². The van der Waals surface area contributed by atoms with Gasteiger partial charge in [-0.2, -0.15) is 0 Å². The zero-order valence-electron chi connectivity index (χ0n) is 17.9. The third-order valence-corrected chi connectivity index (χ3v) is 5.31. The molecule has 0 unspecified atom stereocenters. The first-order valence-corrected chi connectivity index (χ1v) is 10.6. The van der Waals surface area contributed by atoms with Gasteiger partial charge in [0.1, 0.15) is 5.75 Å². The lowest BCUT2D eigenvalue weighted by Gasteiger charge is -2.22. The highest BCUT2D eigenvalue weighted by atomic mass is 16.5. The number of carbonyl (C=O) groups excluding carboxylic acids is 2. The Balaban J connectivity index is 1.44. The van der Waals surface area contributed by atoms with E-state index in [1.54, 1.807) is 0 Å². The van der Waals surface area contributed by atoms with E-state index in [0.29, 0.717) is 51.2 Å². The topological polar surface area (TPSA) is 53.1 Å². The minimum absolute atomic E-state index is 0.0332. The van der Waals surface area contributed by atoms with Crippen molar-refractivity contribution in [1.29, 1.82) is 0 Å². The molecule has 6 nitrogen and oxygen atoms in total. The van der Waals surface area contributed by atoms with Gasteiger partial charge in [-0.3, -0.25) is 9.59 Å². The molecule has 1 aliphatic heterocycles. The van der Waals surface area contributed by atoms with Crippen LogP contribution in [0.3, 0.4) is 0 Å². The van der Waals surface area contributed by atoms with Gasteiger partial charge < -0.3 is 19.4 Å². The second-order valence-electron chi connectivity index (χ2n) is 7.73. The third-order valence-electron chi connectivity index (χ3n) is 5.31. The molecule has 0 aliphatic carbocycles. The molecule has 2 aromatic rings. The lowest BCUT2D eigenvalue weighted by molar-refractivity contribution is -0.131. The van der Waals surface area contributed by atoms with E-state index in [1.807, 2.05) is 83.4 Å². The molecule has 6 heteroatoms. The molecule has 30 heavy (non-hydrogen) atoms. The minimum atomic E-state index is 0.0332. The maximum Gasteiger partial charge on any atom is 0.253 e. The summed E-state index contributed by atoms with van der Waals surface area (Å²) in [5, 5.41) is 0. The van der Waals surface area contributed by atoms with Crippen molar-refractivity contribution in [2.24, 2.45) is 0 Å². The van der Waals surface area contributed by atoms with Crippen molar-refractivity contribution in [1.82, 2.24) is 9.80 Å². The van der Waals surface area contributed by atoms with Crippen LogP contribution in [0.5, 0.6) is 5.75 Å². The fraction of sp³-hybridized carbons (Fsp3) is 0.417. The molecule has 0 atom stereocenters. The van der Waals surface area contributed by atoms with Gasteiger partial charge in [-0.25, -0.2) is 0 Å². The van der Waals surface area contributed by atoms with E-state index in [2.05, 4.69) is 0 Å². The molecular formula is C24H31N3O3. The monoisotopic (exact) mass is 409 g/mol. The van der Waals surface area contributed by atoms with Crippen LogP contribution in [0.25, 0.3) is 0 Å². The van der Waals surface area contributed by atoms with Gasteiger partial charge in [0, 0.05) is 57.9 Å². The van der Waals surface area contributed by atoms with Crippen LogP contribution in [0.2, 0.25) is 0 Å². The maximum absolute atomic E-state index is 12.8. The number of rotatable bonds is 7. The normalized spacial score (nSPS) is 14.2. The Morgan fingerprint density at radius 2 is 1.57 bits per heavy atom. The van der Waals surface area contributed by atoms with E-state index in [9.17, 15) is 9.59 Å². The Morgan fingerprint density at radius 1 is 0.900 bits per heavy atom. The Bertz CT molecular complexity index is 821. The summed E-state index contributed by atoms with van der Waals surface area (Å²) in [6.45, 7) is 3.05. The molecule has 0 saturated carbocycles. The summed E-state index contributed by atoms with van der Waals surface area (Å²) < 4.78 is 5.66. The van der Waals surface area contributed by atoms with Crippen LogP contribution in [0.15, 0.2) is 54.6 Å². The molecule has 1 saturated heterocycles.